The van der Waals surface area contributed by atoms with Crippen molar-refractivity contribution in [1.29, 1.82) is 0 Å². The second-order valence-electron chi connectivity index (χ2n) is 6.12. The van der Waals surface area contributed by atoms with Crippen molar-refractivity contribution in [3.05, 3.63) is 42.5 Å². The highest BCUT2D eigenvalue weighted by Crippen LogP contribution is 2.45. The normalized spacial score (nSPS) is 15.0. The number of amides is 2. The maximum atomic E-state index is 12.4. The largest absolute Gasteiger partial charge is 0.480 e. The van der Waals surface area contributed by atoms with E-state index in [0.717, 1.165) is 24.8 Å². The Hall–Kier alpha value is -2.63. The number of hydrogen-bond acceptors (Lipinski definition) is 3. The van der Waals surface area contributed by atoms with E-state index in [1.165, 1.54) is 0 Å². The maximum absolute atomic E-state index is 12.4. The topological polar surface area (TPSA) is 95.5 Å². The zero-order valence-corrected chi connectivity index (χ0v) is 13.5. The number of aliphatic carboxylic acids is 1. The van der Waals surface area contributed by atoms with Gasteiger partial charge in [0.1, 0.15) is 6.54 Å². The molecule has 24 heavy (non-hydrogen) atoms. The van der Waals surface area contributed by atoms with Gasteiger partial charge in [0.15, 0.2) is 0 Å². The molecule has 0 radical (unpaired) electrons. The fourth-order valence-electron chi connectivity index (χ4n) is 2.80. The number of allylic oxidation sites excluding steroid dienone is 1. The number of anilines is 1. The van der Waals surface area contributed by atoms with E-state index in [1.54, 1.807) is 30.3 Å². The number of carboxylic acid groups (broad SMARTS) is 1. The molecule has 3 N–H and O–H groups in total. The molecular weight excluding hydrogens is 308 g/mol. The van der Waals surface area contributed by atoms with Crippen LogP contribution in [0.1, 0.15) is 31.2 Å². The van der Waals surface area contributed by atoms with Gasteiger partial charge in [-0.1, -0.05) is 24.6 Å². The van der Waals surface area contributed by atoms with Gasteiger partial charge in [-0.2, -0.15) is 0 Å². The molecule has 2 amide bonds. The van der Waals surface area contributed by atoms with Crippen LogP contribution in [-0.4, -0.2) is 29.4 Å². The second kappa shape index (κ2) is 7.77. The maximum Gasteiger partial charge on any atom is 0.322 e. The molecule has 1 aliphatic rings. The van der Waals surface area contributed by atoms with Crippen molar-refractivity contribution in [2.45, 2.75) is 32.1 Å². The number of rotatable bonds is 8. The summed E-state index contributed by atoms with van der Waals surface area (Å²) in [5.74, 6) is -1.42. The van der Waals surface area contributed by atoms with E-state index in [9.17, 15) is 14.4 Å². The summed E-state index contributed by atoms with van der Waals surface area (Å²) in [6, 6.07) is 6.99. The zero-order valence-electron chi connectivity index (χ0n) is 13.5. The van der Waals surface area contributed by atoms with Crippen LogP contribution in [0.15, 0.2) is 36.9 Å². The van der Waals surface area contributed by atoms with Crippen LogP contribution in [0.5, 0.6) is 0 Å². The fraction of sp³-hybridized carbons (Fsp3) is 0.389. The van der Waals surface area contributed by atoms with Gasteiger partial charge in [-0.15, -0.1) is 6.58 Å². The van der Waals surface area contributed by atoms with Crippen molar-refractivity contribution in [2.75, 3.05) is 11.9 Å². The lowest BCUT2D eigenvalue weighted by molar-refractivity contribution is -0.137. The molecule has 0 aromatic heterocycles. The Bertz CT molecular complexity index is 633. The molecule has 6 nitrogen and oxygen atoms in total. The quantitative estimate of drug-likeness (QED) is 0.636. The number of carboxylic acids is 1. The lowest BCUT2D eigenvalue weighted by Crippen LogP contribution is -2.41. The SMILES string of the molecule is C=CCC1(C(=O)Nc2ccc(CC(=O)NCC(=O)O)cc2)CCC1. The van der Waals surface area contributed by atoms with Crippen molar-refractivity contribution in [1.82, 2.24) is 5.32 Å². The summed E-state index contributed by atoms with van der Waals surface area (Å²) < 4.78 is 0. The van der Waals surface area contributed by atoms with E-state index in [4.69, 9.17) is 5.11 Å². The van der Waals surface area contributed by atoms with Crippen LogP contribution in [0.3, 0.4) is 0 Å². The van der Waals surface area contributed by atoms with Crippen molar-refractivity contribution in [3.8, 4) is 0 Å². The average Bonchev–Trinajstić information content (AvgIpc) is 2.50. The Labute approximate surface area is 140 Å². The molecular formula is C18H22N2O4. The number of carbonyl (C=O) groups is 3. The first-order chi connectivity index (χ1) is 11.4. The highest BCUT2D eigenvalue weighted by molar-refractivity contribution is 5.96. The molecule has 0 bridgehead atoms. The Morgan fingerprint density at radius 3 is 2.38 bits per heavy atom. The monoisotopic (exact) mass is 330 g/mol. The van der Waals surface area contributed by atoms with E-state index in [-0.39, 0.29) is 23.7 Å². The molecule has 1 saturated carbocycles. The average molecular weight is 330 g/mol. The molecule has 128 valence electrons. The van der Waals surface area contributed by atoms with Crippen molar-refractivity contribution in [3.63, 3.8) is 0 Å². The fourth-order valence-corrected chi connectivity index (χ4v) is 2.80. The van der Waals surface area contributed by atoms with Gasteiger partial charge in [-0.05, 0) is 37.0 Å². The van der Waals surface area contributed by atoms with Gasteiger partial charge < -0.3 is 15.7 Å². The molecule has 2 rings (SSSR count). The van der Waals surface area contributed by atoms with Gasteiger partial charge in [0.25, 0.3) is 0 Å². The summed E-state index contributed by atoms with van der Waals surface area (Å²) in [4.78, 5) is 34.4. The summed E-state index contributed by atoms with van der Waals surface area (Å²) in [7, 11) is 0. The molecule has 0 saturated heterocycles. The van der Waals surface area contributed by atoms with Gasteiger partial charge in [0, 0.05) is 5.69 Å². The first kappa shape index (κ1) is 17.7. The third-order valence-corrected chi connectivity index (χ3v) is 4.34. The van der Waals surface area contributed by atoms with Crippen LogP contribution >= 0.6 is 0 Å². The number of nitrogens with one attached hydrogen (secondary N) is 2. The van der Waals surface area contributed by atoms with E-state index in [0.29, 0.717) is 12.1 Å². The van der Waals surface area contributed by atoms with Gasteiger partial charge in [0.2, 0.25) is 11.8 Å². The molecule has 1 aromatic carbocycles. The standard InChI is InChI=1S/C18H22N2O4/c1-2-8-18(9-3-10-18)17(24)20-14-6-4-13(5-7-14)11-15(21)19-12-16(22)23/h2,4-7H,1,3,8-12H2,(H,19,21)(H,20,24)(H,22,23). The van der Waals surface area contributed by atoms with Crippen LogP contribution in [0.2, 0.25) is 0 Å². The van der Waals surface area contributed by atoms with Crippen LogP contribution in [0.4, 0.5) is 5.69 Å². The Kier molecular flexibility index (Phi) is 5.73. The Morgan fingerprint density at radius 2 is 1.88 bits per heavy atom. The number of carbonyl (C=O) groups excluding carboxylic acids is 2. The highest BCUT2D eigenvalue weighted by atomic mass is 16.4. The van der Waals surface area contributed by atoms with E-state index in [2.05, 4.69) is 17.2 Å². The minimum Gasteiger partial charge on any atom is -0.480 e. The summed E-state index contributed by atoms with van der Waals surface area (Å²) in [6.07, 6.45) is 5.39. The van der Waals surface area contributed by atoms with Crippen LogP contribution in [0.25, 0.3) is 0 Å². The minimum atomic E-state index is -1.08. The molecule has 0 heterocycles. The molecule has 0 aliphatic heterocycles. The molecule has 1 aromatic rings. The first-order valence-corrected chi connectivity index (χ1v) is 7.95. The zero-order chi connectivity index (χ0) is 17.6. The molecule has 1 fully saturated rings. The lowest BCUT2D eigenvalue weighted by atomic mass is 9.66. The van der Waals surface area contributed by atoms with Crippen LogP contribution < -0.4 is 10.6 Å². The van der Waals surface area contributed by atoms with E-state index < -0.39 is 12.5 Å². The summed E-state index contributed by atoms with van der Waals surface area (Å²) >= 11 is 0. The first-order valence-electron chi connectivity index (χ1n) is 7.95. The smallest absolute Gasteiger partial charge is 0.322 e. The lowest BCUT2D eigenvalue weighted by Gasteiger charge is -2.39. The third-order valence-electron chi connectivity index (χ3n) is 4.34. The molecule has 0 spiro atoms. The molecule has 0 atom stereocenters. The summed E-state index contributed by atoms with van der Waals surface area (Å²) in [5.41, 5.74) is 1.11. The van der Waals surface area contributed by atoms with Gasteiger partial charge in [-0.25, -0.2) is 0 Å². The van der Waals surface area contributed by atoms with E-state index in [1.807, 2.05) is 0 Å². The van der Waals surface area contributed by atoms with Crippen molar-refractivity contribution < 1.29 is 19.5 Å². The Balaban J connectivity index is 1.90. The van der Waals surface area contributed by atoms with E-state index >= 15 is 0 Å². The Morgan fingerprint density at radius 1 is 1.21 bits per heavy atom. The predicted octanol–water partition coefficient (Wildman–Crippen LogP) is 2.11. The van der Waals surface area contributed by atoms with Crippen molar-refractivity contribution in [2.24, 2.45) is 5.41 Å². The van der Waals surface area contributed by atoms with Crippen molar-refractivity contribution >= 4 is 23.5 Å². The third kappa shape index (κ3) is 4.44. The molecule has 0 unspecified atom stereocenters. The van der Waals surface area contributed by atoms with Gasteiger partial charge in [0.05, 0.1) is 11.8 Å². The van der Waals surface area contributed by atoms with Crippen LogP contribution in [0, 0.1) is 5.41 Å². The second-order valence-corrected chi connectivity index (χ2v) is 6.12. The minimum absolute atomic E-state index is 0.0144. The number of hydrogen-bond donors (Lipinski definition) is 3. The highest BCUT2D eigenvalue weighted by Gasteiger charge is 2.42. The molecule has 1 aliphatic carbocycles. The summed E-state index contributed by atoms with van der Waals surface area (Å²) in [6.45, 7) is 3.34. The van der Waals surface area contributed by atoms with Gasteiger partial charge in [-0.3, -0.25) is 14.4 Å². The number of benzene rings is 1. The van der Waals surface area contributed by atoms with Gasteiger partial charge >= 0.3 is 5.97 Å². The predicted molar refractivity (Wildman–Crippen MR) is 90.5 cm³/mol. The molecule has 6 heteroatoms. The van der Waals surface area contributed by atoms with Crippen LogP contribution in [-0.2, 0) is 20.8 Å². The summed E-state index contributed by atoms with van der Waals surface area (Å²) in [5, 5.41) is 13.8.